The van der Waals surface area contributed by atoms with Gasteiger partial charge < -0.3 is 5.32 Å². The minimum atomic E-state index is 0.192. The summed E-state index contributed by atoms with van der Waals surface area (Å²) in [6.07, 6.45) is 0. The van der Waals surface area contributed by atoms with Gasteiger partial charge in [-0.05, 0) is 38.5 Å². The Balaban J connectivity index is 2.18. The van der Waals surface area contributed by atoms with Crippen LogP contribution in [0.4, 0.5) is 5.69 Å². The molecule has 0 aliphatic rings. The molecule has 4 heteroatoms. The fourth-order valence-electron chi connectivity index (χ4n) is 1.64. The summed E-state index contributed by atoms with van der Waals surface area (Å²) in [6, 6.07) is 6.06. The van der Waals surface area contributed by atoms with Crippen molar-refractivity contribution in [3.63, 3.8) is 0 Å². The smallest absolute Gasteiger partial charge is 0.0898 e. The number of nitrogens with one attached hydrogen (secondary N) is 1. The van der Waals surface area contributed by atoms with E-state index in [0.29, 0.717) is 0 Å². The molecular weight excluding hydrogens is 252 g/mol. The molecule has 0 bridgehead atoms. The maximum absolute atomic E-state index is 6.00. The molecule has 0 saturated carbocycles. The molecule has 1 heterocycles. The lowest BCUT2D eigenvalue weighted by atomic mass is 10.1. The highest BCUT2D eigenvalue weighted by molar-refractivity contribution is 7.09. The number of aromatic nitrogens is 1. The standard InChI is InChI=1S/C13H15ClN2S/c1-8-4-5-11(14)6-12(8)15-9(2)13-7-17-10(3)16-13/h4-7,9,15H,1-3H3. The molecule has 2 aromatic rings. The predicted octanol–water partition coefficient (Wildman–Crippen LogP) is 4.59. The summed E-state index contributed by atoms with van der Waals surface area (Å²) in [7, 11) is 0. The van der Waals surface area contributed by atoms with Gasteiger partial charge in [-0.25, -0.2) is 4.98 Å². The number of hydrogen-bond acceptors (Lipinski definition) is 3. The van der Waals surface area contributed by atoms with E-state index in [9.17, 15) is 0 Å². The molecule has 2 rings (SSSR count). The third-order valence-corrected chi connectivity index (χ3v) is 3.68. The fourth-order valence-corrected chi connectivity index (χ4v) is 2.51. The molecule has 1 atom stereocenters. The molecule has 0 fully saturated rings. The third kappa shape index (κ3) is 2.99. The topological polar surface area (TPSA) is 24.9 Å². The van der Waals surface area contributed by atoms with E-state index in [-0.39, 0.29) is 6.04 Å². The number of halogens is 1. The van der Waals surface area contributed by atoms with Crippen molar-refractivity contribution in [2.45, 2.75) is 26.8 Å². The van der Waals surface area contributed by atoms with Crippen molar-refractivity contribution in [2.75, 3.05) is 5.32 Å². The number of hydrogen-bond donors (Lipinski definition) is 1. The highest BCUT2D eigenvalue weighted by atomic mass is 35.5. The zero-order valence-electron chi connectivity index (χ0n) is 10.1. The number of aryl methyl sites for hydroxylation is 2. The molecule has 0 spiro atoms. The third-order valence-electron chi connectivity index (χ3n) is 2.65. The van der Waals surface area contributed by atoms with Crippen LogP contribution in [0.1, 0.15) is 29.2 Å². The van der Waals surface area contributed by atoms with E-state index in [4.69, 9.17) is 11.6 Å². The first-order valence-corrected chi connectivity index (χ1v) is 6.77. The van der Waals surface area contributed by atoms with Crippen LogP contribution in [0.15, 0.2) is 23.6 Å². The van der Waals surface area contributed by atoms with Gasteiger partial charge in [-0.1, -0.05) is 17.7 Å². The molecule has 1 aromatic heterocycles. The van der Waals surface area contributed by atoms with Crippen LogP contribution in [0, 0.1) is 13.8 Å². The summed E-state index contributed by atoms with van der Waals surface area (Å²) in [4.78, 5) is 4.48. The van der Waals surface area contributed by atoms with Gasteiger partial charge >= 0.3 is 0 Å². The summed E-state index contributed by atoms with van der Waals surface area (Å²) < 4.78 is 0. The number of anilines is 1. The second-order valence-electron chi connectivity index (χ2n) is 4.12. The van der Waals surface area contributed by atoms with Gasteiger partial charge in [0.2, 0.25) is 0 Å². The summed E-state index contributed by atoms with van der Waals surface area (Å²) in [5.41, 5.74) is 3.33. The van der Waals surface area contributed by atoms with Crippen LogP contribution in [0.3, 0.4) is 0 Å². The van der Waals surface area contributed by atoms with Crippen LogP contribution < -0.4 is 5.32 Å². The Morgan fingerprint density at radius 2 is 2.12 bits per heavy atom. The minimum Gasteiger partial charge on any atom is -0.377 e. The molecule has 2 nitrogen and oxygen atoms in total. The van der Waals surface area contributed by atoms with E-state index in [0.717, 1.165) is 21.4 Å². The molecule has 0 aliphatic carbocycles. The normalized spacial score (nSPS) is 12.5. The molecule has 1 N–H and O–H groups in total. The molecule has 1 aromatic carbocycles. The van der Waals surface area contributed by atoms with Crippen LogP contribution in [-0.2, 0) is 0 Å². The van der Waals surface area contributed by atoms with Gasteiger partial charge in [0.15, 0.2) is 0 Å². The monoisotopic (exact) mass is 266 g/mol. The van der Waals surface area contributed by atoms with Crippen LogP contribution in [0.25, 0.3) is 0 Å². The lowest BCUT2D eigenvalue weighted by molar-refractivity contribution is 0.844. The fraction of sp³-hybridized carbons (Fsp3) is 0.308. The van der Waals surface area contributed by atoms with Crippen molar-refractivity contribution in [1.29, 1.82) is 0 Å². The Kier molecular flexibility index (Phi) is 3.69. The van der Waals surface area contributed by atoms with Crippen molar-refractivity contribution in [2.24, 2.45) is 0 Å². The van der Waals surface area contributed by atoms with Gasteiger partial charge in [-0.2, -0.15) is 0 Å². The summed E-state index contributed by atoms with van der Waals surface area (Å²) in [5, 5.41) is 7.37. The molecule has 0 aliphatic heterocycles. The Morgan fingerprint density at radius 1 is 1.35 bits per heavy atom. The molecule has 0 radical (unpaired) electrons. The van der Waals surface area contributed by atoms with E-state index < -0.39 is 0 Å². The molecule has 0 amide bonds. The molecule has 17 heavy (non-hydrogen) atoms. The van der Waals surface area contributed by atoms with Gasteiger partial charge in [-0.15, -0.1) is 11.3 Å². The Hall–Kier alpha value is -1.06. The van der Waals surface area contributed by atoms with Crippen molar-refractivity contribution in [3.8, 4) is 0 Å². The van der Waals surface area contributed by atoms with Gasteiger partial charge in [0.05, 0.1) is 16.7 Å². The summed E-state index contributed by atoms with van der Waals surface area (Å²) in [6.45, 7) is 6.19. The molecule has 0 saturated heterocycles. The molecular formula is C13H15ClN2S. The Morgan fingerprint density at radius 3 is 2.76 bits per heavy atom. The van der Waals surface area contributed by atoms with Gasteiger partial charge in [-0.3, -0.25) is 0 Å². The Labute approximate surface area is 111 Å². The maximum atomic E-state index is 6.00. The highest BCUT2D eigenvalue weighted by Gasteiger charge is 2.10. The zero-order chi connectivity index (χ0) is 12.4. The average Bonchev–Trinajstić information content (AvgIpc) is 2.70. The van der Waals surface area contributed by atoms with Crippen LogP contribution >= 0.6 is 22.9 Å². The largest absolute Gasteiger partial charge is 0.377 e. The van der Waals surface area contributed by atoms with Crippen LogP contribution in [0.5, 0.6) is 0 Å². The van der Waals surface area contributed by atoms with Crippen molar-refractivity contribution < 1.29 is 0 Å². The minimum absolute atomic E-state index is 0.192. The second kappa shape index (κ2) is 5.07. The SMILES string of the molecule is Cc1nc(C(C)Nc2cc(Cl)ccc2C)cs1. The van der Waals surface area contributed by atoms with Gasteiger partial charge in [0.1, 0.15) is 0 Å². The lowest BCUT2D eigenvalue weighted by Gasteiger charge is -2.15. The maximum Gasteiger partial charge on any atom is 0.0898 e. The zero-order valence-corrected chi connectivity index (χ0v) is 11.7. The van der Waals surface area contributed by atoms with Gasteiger partial charge in [0, 0.05) is 16.1 Å². The number of nitrogens with zero attached hydrogens (tertiary/aromatic N) is 1. The van der Waals surface area contributed by atoms with Crippen LogP contribution in [0.2, 0.25) is 5.02 Å². The number of rotatable bonds is 3. The van der Waals surface area contributed by atoms with Gasteiger partial charge in [0.25, 0.3) is 0 Å². The quantitative estimate of drug-likeness (QED) is 0.879. The van der Waals surface area contributed by atoms with Crippen LogP contribution in [-0.4, -0.2) is 4.98 Å². The second-order valence-corrected chi connectivity index (χ2v) is 5.62. The Bertz CT molecular complexity index is 522. The highest BCUT2D eigenvalue weighted by Crippen LogP contribution is 2.25. The van der Waals surface area contributed by atoms with Crippen molar-refractivity contribution in [1.82, 2.24) is 4.98 Å². The number of benzene rings is 1. The van der Waals surface area contributed by atoms with E-state index in [2.05, 4.69) is 29.5 Å². The number of thiazole rings is 1. The first kappa shape index (κ1) is 12.4. The first-order valence-electron chi connectivity index (χ1n) is 5.51. The first-order chi connectivity index (χ1) is 8.06. The average molecular weight is 267 g/mol. The van der Waals surface area contributed by atoms with Crippen molar-refractivity contribution in [3.05, 3.63) is 44.9 Å². The van der Waals surface area contributed by atoms with E-state index in [1.807, 2.05) is 25.1 Å². The molecule has 1 unspecified atom stereocenters. The summed E-state index contributed by atoms with van der Waals surface area (Å²) >= 11 is 7.67. The van der Waals surface area contributed by atoms with E-state index in [1.54, 1.807) is 11.3 Å². The van der Waals surface area contributed by atoms with E-state index >= 15 is 0 Å². The molecule has 90 valence electrons. The summed E-state index contributed by atoms with van der Waals surface area (Å²) in [5.74, 6) is 0. The van der Waals surface area contributed by atoms with Crippen molar-refractivity contribution >= 4 is 28.6 Å². The predicted molar refractivity (Wildman–Crippen MR) is 75.1 cm³/mol. The lowest BCUT2D eigenvalue weighted by Crippen LogP contribution is -2.08. The van der Waals surface area contributed by atoms with E-state index in [1.165, 1.54) is 5.56 Å².